The van der Waals surface area contributed by atoms with Crippen molar-refractivity contribution in [2.24, 2.45) is 0 Å². The third-order valence-corrected chi connectivity index (χ3v) is 3.94. The third kappa shape index (κ3) is 3.19. The first-order valence-corrected chi connectivity index (χ1v) is 7.80. The van der Waals surface area contributed by atoms with Gasteiger partial charge in [0.25, 0.3) is 11.7 Å². The standard InChI is InChI=1S/C19H15NO6/c1-25-16-9-5-3-7-13(16)15(21)11-26-17(22)10-20-14-8-4-2-6-12(14)18(23)19(20)24/h2-9H,10-11H2,1H3. The zero-order valence-corrected chi connectivity index (χ0v) is 13.9. The number of para-hydroxylation sites is 2. The lowest BCUT2D eigenvalue weighted by molar-refractivity contribution is -0.141. The van der Waals surface area contributed by atoms with Crippen LogP contribution in [0.5, 0.6) is 5.75 Å². The molecule has 0 aromatic heterocycles. The predicted molar refractivity (Wildman–Crippen MR) is 91.4 cm³/mol. The fourth-order valence-electron chi connectivity index (χ4n) is 2.68. The summed E-state index contributed by atoms with van der Waals surface area (Å²) in [5.41, 5.74) is 0.895. The van der Waals surface area contributed by atoms with E-state index >= 15 is 0 Å². The fourth-order valence-corrected chi connectivity index (χ4v) is 2.68. The number of esters is 1. The van der Waals surface area contributed by atoms with E-state index in [1.807, 2.05) is 0 Å². The van der Waals surface area contributed by atoms with Crippen LogP contribution in [0.3, 0.4) is 0 Å². The highest BCUT2D eigenvalue weighted by Gasteiger charge is 2.36. The van der Waals surface area contributed by atoms with E-state index in [1.54, 1.807) is 42.5 Å². The van der Waals surface area contributed by atoms with Crippen molar-refractivity contribution < 1.29 is 28.7 Å². The minimum absolute atomic E-state index is 0.246. The van der Waals surface area contributed by atoms with Gasteiger partial charge in [-0.1, -0.05) is 24.3 Å². The summed E-state index contributed by atoms with van der Waals surface area (Å²) in [7, 11) is 1.44. The summed E-state index contributed by atoms with van der Waals surface area (Å²) in [6.45, 7) is -0.933. The van der Waals surface area contributed by atoms with Crippen molar-refractivity contribution in [1.82, 2.24) is 0 Å². The molecule has 3 rings (SSSR count). The second kappa shape index (κ2) is 7.18. The smallest absolute Gasteiger partial charge is 0.326 e. The summed E-state index contributed by atoms with van der Waals surface area (Å²) < 4.78 is 10.1. The Balaban J connectivity index is 1.64. The summed E-state index contributed by atoms with van der Waals surface area (Å²) in [5.74, 6) is -2.30. The molecule has 0 saturated heterocycles. The first-order valence-electron chi connectivity index (χ1n) is 7.80. The first-order chi connectivity index (χ1) is 12.5. The molecule has 0 radical (unpaired) electrons. The van der Waals surface area contributed by atoms with Crippen LogP contribution < -0.4 is 9.64 Å². The van der Waals surface area contributed by atoms with E-state index in [2.05, 4.69) is 0 Å². The van der Waals surface area contributed by atoms with Crippen LogP contribution in [-0.4, -0.2) is 43.7 Å². The average Bonchev–Trinajstić information content (AvgIpc) is 2.91. The molecule has 0 saturated carbocycles. The number of hydrogen-bond donors (Lipinski definition) is 0. The first kappa shape index (κ1) is 17.3. The molecule has 0 aliphatic carbocycles. The molecule has 7 heteroatoms. The topological polar surface area (TPSA) is 90.0 Å². The number of hydrogen-bond acceptors (Lipinski definition) is 6. The number of ketones is 2. The Morgan fingerprint density at radius 3 is 2.46 bits per heavy atom. The largest absolute Gasteiger partial charge is 0.496 e. The number of carbonyl (C=O) groups is 4. The minimum atomic E-state index is -0.792. The van der Waals surface area contributed by atoms with Crippen molar-refractivity contribution in [1.29, 1.82) is 0 Å². The second-order valence-electron chi connectivity index (χ2n) is 5.52. The summed E-state index contributed by atoms with van der Waals surface area (Å²) in [6.07, 6.45) is 0. The molecular weight excluding hydrogens is 338 g/mol. The van der Waals surface area contributed by atoms with Crippen molar-refractivity contribution >= 4 is 29.1 Å². The lowest BCUT2D eigenvalue weighted by Gasteiger charge is -2.15. The minimum Gasteiger partial charge on any atom is -0.496 e. The molecule has 1 heterocycles. The molecule has 0 unspecified atom stereocenters. The van der Waals surface area contributed by atoms with Crippen molar-refractivity contribution in [3.8, 4) is 5.75 Å². The second-order valence-corrected chi connectivity index (χ2v) is 5.52. The molecule has 0 N–H and O–H groups in total. The Bertz CT molecular complexity index is 904. The fraction of sp³-hybridized carbons (Fsp3) is 0.158. The number of ether oxygens (including phenoxy) is 2. The molecule has 132 valence electrons. The van der Waals surface area contributed by atoms with Gasteiger partial charge in [0.1, 0.15) is 12.3 Å². The number of rotatable bonds is 6. The SMILES string of the molecule is COc1ccccc1C(=O)COC(=O)CN1C(=O)C(=O)c2ccccc21. The van der Waals surface area contributed by atoms with Crippen LogP contribution in [0.4, 0.5) is 5.69 Å². The number of nitrogens with zero attached hydrogens (tertiary/aromatic N) is 1. The Morgan fingerprint density at radius 1 is 1.00 bits per heavy atom. The van der Waals surface area contributed by atoms with Crippen molar-refractivity contribution in [2.75, 3.05) is 25.2 Å². The Labute approximate surface area is 149 Å². The Hall–Kier alpha value is -3.48. The van der Waals surface area contributed by atoms with Gasteiger partial charge in [-0.2, -0.15) is 0 Å². The van der Waals surface area contributed by atoms with Crippen molar-refractivity contribution in [2.45, 2.75) is 0 Å². The van der Waals surface area contributed by atoms with E-state index in [1.165, 1.54) is 13.2 Å². The van der Waals surface area contributed by atoms with E-state index in [4.69, 9.17) is 9.47 Å². The van der Waals surface area contributed by atoms with Gasteiger partial charge in [0.15, 0.2) is 6.61 Å². The number of benzene rings is 2. The number of anilines is 1. The molecule has 2 aromatic carbocycles. The molecule has 7 nitrogen and oxygen atoms in total. The number of Topliss-reactive ketones (excluding diaryl/α,β-unsaturated/α-hetero) is 2. The van der Waals surface area contributed by atoms with Crippen molar-refractivity contribution in [3.05, 3.63) is 59.7 Å². The van der Waals surface area contributed by atoms with E-state index in [-0.39, 0.29) is 5.56 Å². The maximum Gasteiger partial charge on any atom is 0.326 e. The van der Waals surface area contributed by atoms with Crippen molar-refractivity contribution in [3.63, 3.8) is 0 Å². The van der Waals surface area contributed by atoms with E-state index in [0.717, 1.165) is 4.90 Å². The molecule has 0 fully saturated rings. The van der Waals surface area contributed by atoms with E-state index < -0.39 is 36.6 Å². The van der Waals surface area contributed by atoms with Gasteiger partial charge in [-0.15, -0.1) is 0 Å². The molecule has 1 aliphatic rings. The highest BCUT2D eigenvalue weighted by atomic mass is 16.5. The van der Waals surface area contributed by atoms with Crippen LogP contribution in [0.15, 0.2) is 48.5 Å². The molecule has 0 spiro atoms. The van der Waals surface area contributed by atoms with Gasteiger partial charge in [0.2, 0.25) is 5.78 Å². The Kier molecular flexibility index (Phi) is 4.79. The van der Waals surface area contributed by atoms with Gasteiger partial charge in [-0.3, -0.25) is 24.1 Å². The van der Waals surface area contributed by atoms with Gasteiger partial charge in [0.05, 0.1) is 23.9 Å². The molecular formula is C19H15NO6. The van der Waals surface area contributed by atoms with Gasteiger partial charge in [0, 0.05) is 0 Å². The summed E-state index contributed by atoms with van der Waals surface area (Å²) >= 11 is 0. The summed E-state index contributed by atoms with van der Waals surface area (Å²) in [5, 5.41) is 0. The third-order valence-electron chi connectivity index (χ3n) is 3.94. The van der Waals surface area contributed by atoms with Gasteiger partial charge in [-0.25, -0.2) is 0 Å². The maximum atomic E-state index is 12.2. The molecule has 2 aromatic rings. The lowest BCUT2D eigenvalue weighted by Crippen LogP contribution is -2.36. The van der Waals surface area contributed by atoms with Crippen LogP contribution in [-0.2, 0) is 14.3 Å². The quantitative estimate of drug-likeness (QED) is 0.446. The van der Waals surface area contributed by atoms with Gasteiger partial charge < -0.3 is 9.47 Å². The normalized spacial score (nSPS) is 12.7. The highest BCUT2D eigenvalue weighted by Crippen LogP contribution is 2.28. The average molecular weight is 353 g/mol. The lowest BCUT2D eigenvalue weighted by atomic mass is 10.1. The zero-order chi connectivity index (χ0) is 18.7. The Morgan fingerprint density at radius 2 is 1.69 bits per heavy atom. The van der Waals surface area contributed by atoms with Crippen LogP contribution >= 0.6 is 0 Å². The number of fused-ring (bicyclic) bond motifs is 1. The summed E-state index contributed by atoms with van der Waals surface area (Å²) in [6, 6.07) is 13.0. The van der Waals surface area contributed by atoms with Crippen LogP contribution in [0.1, 0.15) is 20.7 Å². The molecule has 0 atom stereocenters. The number of amides is 1. The van der Waals surface area contributed by atoms with E-state index in [0.29, 0.717) is 17.0 Å². The summed E-state index contributed by atoms with van der Waals surface area (Å²) in [4.78, 5) is 49.2. The molecule has 0 bridgehead atoms. The molecule has 1 amide bonds. The maximum absolute atomic E-state index is 12.2. The predicted octanol–water partition coefficient (Wildman–Crippen LogP) is 1.65. The van der Waals surface area contributed by atoms with E-state index in [9.17, 15) is 19.2 Å². The van der Waals surface area contributed by atoms with Crippen LogP contribution in [0, 0.1) is 0 Å². The zero-order valence-electron chi connectivity index (χ0n) is 13.9. The number of methoxy groups -OCH3 is 1. The molecule has 1 aliphatic heterocycles. The van der Waals surface area contributed by atoms with Gasteiger partial charge >= 0.3 is 5.97 Å². The molecule has 26 heavy (non-hydrogen) atoms. The van der Waals surface area contributed by atoms with Gasteiger partial charge in [-0.05, 0) is 24.3 Å². The monoisotopic (exact) mass is 353 g/mol. The van der Waals surface area contributed by atoms with Crippen LogP contribution in [0.2, 0.25) is 0 Å². The number of carbonyl (C=O) groups excluding carboxylic acids is 4. The highest BCUT2D eigenvalue weighted by molar-refractivity contribution is 6.52. The van der Waals surface area contributed by atoms with Crippen LogP contribution in [0.25, 0.3) is 0 Å².